The van der Waals surface area contributed by atoms with Gasteiger partial charge >= 0.3 is 0 Å². The van der Waals surface area contributed by atoms with E-state index < -0.39 is 0 Å². The Labute approximate surface area is 246 Å². The van der Waals surface area contributed by atoms with Crippen molar-refractivity contribution >= 4 is 53.9 Å². The van der Waals surface area contributed by atoms with Gasteiger partial charge in [0.2, 0.25) is 0 Å². The Bertz CT molecular complexity index is 2330. The summed E-state index contributed by atoms with van der Waals surface area (Å²) in [4.78, 5) is 0. The van der Waals surface area contributed by atoms with Gasteiger partial charge in [-0.2, -0.15) is 0 Å². The molecule has 0 aliphatic carbocycles. The molecule has 0 amide bonds. The topological polar surface area (TPSA) is 0 Å². The van der Waals surface area contributed by atoms with Gasteiger partial charge in [-0.25, -0.2) is 0 Å². The Morgan fingerprint density at radius 1 is 0.333 bits per heavy atom. The average Bonchev–Trinajstić information content (AvgIpc) is 3.01. The first-order valence-corrected chi connectivity index (χ1v) is 14.9. The van der Waals surface area contributed by atoms with E-state index in [9.17, 15) is 0 Å². The highest BCUT2D eigenvalue weighted by Crippen LogP contribution is 2.45. The van der Waals surface area contributed by atoms with Gasteiger partial charge in [0, 0.05) is 0 Å². The van der Waals surface area contributed by atoms with Crippen LogP contribution in [0.15, 0.2) is 140 Å². The van der Waals surface area contributed by atoms with Crippen molar-refractivity contribution in [3.63, 3.8) is 0 Å². The lowest BCUT2D eigenvalue weighted by Gasteiger charge is -2.26. The van der Waals surface area contributed by atoms with Crippen LogP contribution in [-0.4, -0.2) is 0 Å². The number of hydrogen-bond donors (Lipinski definition) is 0. The molecule has 0 aromatic heterocycles. The molecule has 42 heavy (non-hydrogen) atoms. The summed E-state index contributed by atoms with van der Waals surface area (Å²) in [5.74, 6) is 0. The highest BCUT2D eigenvalue weighted by atomic mass is 14.3. The van der Waals surface area contributed by atoms with Crippen molar-refractivity contribution in [2.75, 3.05) is 0 Å². The van der Waals surface area contributed by atoms with E-state index in [1.54, 1.807) is 0 Å². The lowest BCUT2D eigenvalue weighted by atomic mass is 9.77. The summed E-state index contributed by atoms with van der Waals surface area (Å²) in [6, 6.07) is 51.8. The van der Waals surface area contributed by atoms with Gasteiger partial charge in [-0.1, -0.05) is 130 Å². The Hall–Kier alpha value is -4.94. The van der Waals surface area contributed by atoms with E-state index in [1.807, 2.05) is 0 Å². The summed E-state index contributed by atoms with van der Waals surface area (Å²) in [6.07, 6.45) is 0. The molecule has 0 heteroatoms. The fourth-order valence-corrected chi connectivity index (χ4v) is 6.94. The van der Waals surface area contributed by atoms with Crippen LogP contribution in [-0.2, 0) is 5.41 Å². The molecule has 0 heterocycles. The maximum absolute atomic E-state index is 2.44. The van der Waals surface area contributed by atoms with Crippen LogP contribution in [0.1, 0.15) is 26.3 Å². The minimum absolute atomic E-state index is 0.0271. The van der Waals surface area contributed by atoms with Gasteiger partial charge in [0.05, 0.1) is 0 Å². The SMILES string of the molecule is CC(C)(C)c1c2ccccc2c(-c2ccc3ccccc3c2)c2ccc(-c3ccc4cc5ccccc5cc4c3)cc12. The molecule has 200 valence electrons. The van der Waals surface area contributed by atoms with Crippen molar-refractivity contribution in [1.29, 1.82) is 0 Å². The Morgan fingerprint density at radius 3 is 1.55 bits per heavy atom. The molecule has 0 bridgehead atoms. The van der Waals surface area contributed by atoms with Gasteiger partial charge in [-0.3, -0.25) is 0 Å². The van der Waals surface area contributed by atoms with Gasteiger partial charge < -0.3 is 0 Å². The van der Waals surface area contributed by atoms with Crippen molar-refractivity contribution in [2.24, 2.45) is 0 Å². The summed E-state index contributed by atoms with van der Waals surface area (Å²) in [7, 11) is 0. The largest absolute Gasteiger partial charge is 0.0616 e. The molecule has 0 unspecified atom stereocenters. The minimum atomic E-state index is -0.0271. The van der Waals surface area contributed by atoms with Crippen LogP contribution in [0.3, 0.4) is 0 Å². The first-order chi connectivity index (χ1) is 20.4. The zero-order chi connectivity index (χ0) is 28.4. The predicted molar refractivity (Wildman–Crippen MR) is 184 cm³/mol. The second kappa shape index (κ2) is 9.29. The fourth-order valence-electron chi connectivity index (χ4n) is 6.94. The molecule has 0 saturated heterocycles. The molecule has 8 rings (SSSR count). The van der Waals surface area contributed by atoms with E-state index in [1.165, 1.54) is 81.7 Å². The molecule has 0 saturated carbocycles. The van der Waals surface area contributed by atoms with Crippen LogP contribution in [0.4, 0.5) is 0 Å². The fraction of sp³-hybridized carbons (Fsp3) is 0.0952. The molecule has 8 aromatic rings. The highest BCUT2D eigenvalue weighted by molar-refractivity contribution is 6.17. The van der Waals surface area contributed by atoms with Gasteiger partial charge in [-0.05, 0) is 117 Å². The summed E-state index contributed by atoms with van der Waals surface area (Å²) in [5.41, 5.74) is 6.46. The third kappa shape index (κ3) is 3.98. The lowest BCUT2D eigenvalue weighted by Crippen LogP contribution is -2.13. The molecule has 0 radical (unpaired) electrons. The van der Waals surface area contributed by atoms with Crippen LogP contribution in [0.2, 0.25) is 0 Å². The molecule has 0 spiro atoms. The Morgan fingerprint density at radius 2 is 0.810 bits per heavy atom. The lowest BCUT2D eigenvalue weighted by molar-refractivity contribution is 0.601. The van der Waals surface area contributed by atoms with Crippen molar-refractivity contribution < 1.29 is 0 Å². The smallest absolute Gasteiger partial charge is 0.00264 e. The molecule has 0 nitrogen and oxygen atoms in total. The number of benzene rings is 8. The summed E-state index contributed by atoms with van der Waals surface area (Å²) in [5, 5.41) is 13.0. The summed E-state index contributed by atoms with van der Waals surface area (Å²) in [6.45, 7) is 7.03. The molecule has 0 fully saturated rings. The van der Waals surface area contributed by atoms with E-state index in [2.05, 4.69) is 160 Å². The molecule has 0 aliphatic rings. The Balaban J connectivity index is 1.42. The molecule has 0 aliphatic heterocycles. The first-order valence-electron chi connectivity index (χ1n) is 14.9. The molecule has 0 atom stereocenters. The maximum Gasteiger partial charge on any atom is -0.00264 e. The third-order valence-electron chi connectivity index (χ3n) is 8.85. The molecule has 8 aromatic carbocycles. The average molecular weight is 537 g/mol. The van der Waals surface area contributed by atoms with E-state index in [0.29, 0.717) is 0 Å². The molecular weight excluding hydrogens is 504 g/mol. The van der Waals surface area contributed by atoms with Gasteiger partial charge in [0.25, 0.3) is 0 Å². The summed E-state index contributed by atoms with van der Waals surface area (Å²) >= 11 is 0. The van der Waals surface area contributed by atoms with E-state index >= 15 is 0 Å². The van der Waals surface area contributed by atoms with E-state index in [0.717, 1.165) is 0 Å². The zero-order valence-electron chi connectivity index (χ0n) is 24.3. The third-order valence-corrected chi connectivity index (χ3v) is 8.85. The molecular formula is C42H32. The maximum atomic E-state index is 2.44. The minimum Gasteiger partial charge on any atom is -0.0616 e. The van der Waals surface area contributed by atoms with Crippen molar-refractivity contribution in [1.82, 2.24) is 0 Å². The number of hydrogen-bond acceptors (Lipinski definition) is 0. The van der Waals surface area contributed by atoms with Crippen LogP contribution in [0.25, 0.3) is 76.1 Å². The van der Waals surface area contributed by atoms with Crippen molar-refractivity contribution in [3.8, 4) is 22.3 Å². The zero-order valence-corrected chi connectivity index (χ0v) is 24.3. The monoisotopic (exact) mass is 536 g/mol. The summed E-state index contributed by atoms with van der Waals surface area (Å²) < 4.78 is 0. The van der Waals surface area contributed by atoms with Crippen LogP contribution in [0.5, 0.6) is 0 Å². The second-order valence-corrected chi connectivity index (χ2v) is 12.6. The predicted octanol–water partition coefficient (Wildman–Crippen LogP) is 12.1. The quantitative estimate of drug-likeness (QED) is 0.193. The van der Waals surface area contributed by atoms with Crippen LogP contribution in [0, 0.1) is 0 Å². The van der Waals surface area contributed by atoms with E-state index in [-0.39, 0.29) is 5.41 Å². The standard InChI is InChI=1S/C42H32/c1-42(2,3)41-38-15-9-8-14-36(38)40(34-19-16-27-10-4-5-11-28(27)23-34)37-21-20-33(26-39(37)41)31-17-18-32-22-29-12-6-7-13-30(29)24-35(32)25-31/h4-26H,1-3H3. The van der Waals surface area contributed by atoms with Crippen LogP contribution >= 0.6 is 0 Å². The highest BCUT2D eigenvalue weighted by Gasteiger charge is 2.24. The van der Waals surface area contributed by atoms with Gasteiger partial charge in [0.1, 0.15) is 0 Å². The van der Waals surface area contributed by atoms with Gasteiger partial charge in [0.15, 0.2) is 0 Å². The second-order valence-electron chi connectivity index (χ2n) is 12.6. The van der Waals surface area contributed by atoms with Crippen molar-refractivity contribution in [2.45, 2.75) is 26.2 Å². The number of rotatable bonds is 2. The Kier molecular flexibility index (Phi) is 5.49. The first kappa shape index (κ1) is 24.8. The van der Waals surface area contributed by atoms with E-state index in [4.69, 9.17) is 0 Å². The number of fused-ring (bicyclic) bond motifs is 5. The normalized spacial score (nSPS) is 12.2. The van der Waals surface area contributed by atoms with Crippen molar-refractivity contribution in [3.05, 3.63) is 145 Å². The molecule has 0 N–H and O–H groups in total. The van der Waals surface area contributed by atoms with Crippen LogP contribution < -0.4 is 0 Å². The van der Waals surface area contributed by atoms with Gasteiger partial charge in [-0.15, -0.1) is 0 Å².